The van der Waals surface area contributed by atoms with Gasteiger partial charge in [0.05, 0.1) is 0 Å². The highest BCUT2D eigenvalue weighted by molar-refractivity contribution is 5.50. The molecule has 1 fully saturated rings. The summed E-state index contributed by atoms with van der Waals surface area (Å²) in [6.07, 6.45) is 4.83. The van der Waals surface area contributed by atoms with Crippen molar-refractivity contribution >= 4 is 6.08 Å². The third-order valence-electron chi connectivity index (χ3n) is 2.32. The van der Waals surface area contributed by atoms with E-state index in [4.69, 9.17) is 5.73 Å². The summed E-state index contributed by atoms with van der Waals surface area (Å²) < 4.78 is 13.1. The molecule has 0 saturated heterocycles. The van der Waals surface area contributed by atoms with E-state index in [0.29, 0.717) is 17.5 Å². The van der Waals surface area contributed by atoms with Crippen LogP contribution in [0.25, 0.3) is 6.08 Å². The molecule has 0 bridgehead atoms. The van der Waals surface area contributed by atoms with Crippen molar-refractivity contribution < 1.29 is 4.39 Å². The van der Waals surface area contributed by atoms with Crippen LogP contribution in [0.5, 0.6) is 0 Å². The molecule has 2 heteroatoms. The van der Waals surface area contributed by atoms with Crippen molar-refractivity contribution in [1.82, 2.24) is 0 Å². The molecule has 13 heavy (non-hydrogen) atoms. The Morgan fingerprint density at radius 2 is 2.08 bits per heavy atom. The number of halogens is 1. The summed E-state index contributed by atoms with van der Waals surface area (Å²) in [5.41, 5.74) is 6.26. The molecule has 0 spiro atoms. The average Bonchev–Trinajstić information content (AvgIpc) is 2.81. The van der Waals surface area contributed by atoms with E-state index in [2.05, 4.69) is 0 Å². The Morgan fingerprint density at radius 3 is 2.69 bits per heavy atom. The summed E-state index contributed by atoms with van der Waals surface area (Å²) in [6, 6.07) is 7.04. The van der Waals surface area contributed by atoms with Crippen molar-refractivity contribution in [1.29, 1.82) is 0 Å². The van der Waals surface area contributed by atoms with E-state index in [-0.39, 0.29) is 5.82 Å². The van der Waals surface area contributed by atoms with Gasteiger partial charge >= 0.3 is 0 Å². The first-order valence-electron chi connectivity index (χ1n) is 4.45. The Kier molecular flexibility index (Phi) is 2.15. The van der Waals surface area contributed by atoms with Crippen molar-refractivity contribution in [2.24, 2.45) is 11.7 Å². The molecule has 2 N–H and O–H groups in total. The first-order valence-corrected chi connectivity index (χ1v) is 4.45. The van der Waals surface area contributed by atoms with Crippen LogP contribution in [0.1, 0.15) is 12.0 Å². The van der Waals surface area contributed by atoms with Crippen LogP contribution in [0, 0.1) is 11.7 Å². The number of nitrogens with two attached hydrogens (primary N) is 1. The van der Waals surface area contributed by atoms with Gasteiger partial charge in [0, 0.05) is 11.6 Å². The highest BCUT2D eigenvalue weighted by Crippen LogP contribution is 2.29. The molecule has 68 valence electrons. The van der Waals surface area contributed by atoms with Crippen LogP contribution in [0.15, 0.2) is 30.3 Å². The lowest BCUT2D eigenvalue weighted by atomic mass is 10.2. The van der Waals surface area contributed by atoms with Crippen molar-refractivity contribution in [2.45, 2.75) is 12.5 Å². The Labute approximate surface area is 77.1 Å². The molecule has 2 atom stereocenters. The summed E-state index contributed by atoms with van der Waals surface area (Å²) in [4.78, 5) is 0. The molecule has 2 rings (SSSR count). The lowest BCUT2D eigenvalue weighted by Gasteiger charge is -1.94. The third kappa shape index (κ3) is 1.95. The van der Waals surface area contributed by atoms with Gasteiger partial charge < -0.3 is 5.73 Å². The smallest absolute Gasteiger partial charge is 0.130 e. The maximum absolute atomic E-state index is 13.1. The van der Waals surface area contributed by atoms with Crippen molar-refractivity contribution in [2.75, 3.05) is 0 Å². The Balaban J connectivity index is 2.09. The number of rotatable bonds is 2. The van der Waals surface area contributed by atoms with Gasteiger partial charge in [-0.15, -0.1) is 0 Å². The number of hydrogen-bond acceptors (Lipinski definition) is 1. The minimum Gasteiger partial charge on any atom is -0.327 e. The molecule has 1 aromatic rings. The van der Waals surface area contributed by atoms with Gasteiger partial charge in [-0.25, -0.2) is 4.39 Å². The van der Waals surface area contributed by atoms with Crippen molar-refractivity contribution in [3.05, 3.63) is 41.7 Å². The molecule has 0 aromatic heterocycles. The van der Waals surface area contributed by atoms with Gasteiger partial charge in [-0.2, -0.15) is 0 Å². The minimum atomic E-state index is -0.173. The minimum absolute atomic E-state index is 0.173. The Bertz CT molecular complexity index is 333. The van der Waals surface area contributed by atoms with E-state index >= 15 is 0 Å². The molecule has 1 nitrogen and oxygen atoms in total. The van der Waals surface area contributed by atoms with Gasteiger partial charge in [0.25, 0.3) is 0 Å². The summed E-state index contributed by atoms with van der Waals surface area (Å²) in [5.74, 6) is 0.285. The van der Waals surface area contributed by atoms with Gasteiger partial charge in [0.1, 0.15) is 5.82 Å². The van der Waals surface area contributed by atoms with Crippen LogP contribution in [0.4, 0.5) is 4.39 Å². The fourth-order valence-corrected chi connectivity index (χ4v) is 1.29. The van der Waals surface area contributed by atoms with Gasteiger partial charge in [-0.1, -0.05) is 30.4 Å². The molecule has 0 aliphatic heterocycles. The zero-order chi connectivity index (χ0) is 9.26. The quantitative estimate of drug-likeness (QED) is 0.736. The highest BCUT2D eigenvalue weighted by atomic mass is 19.1. The van der Waals surface area contributed by atoms with Crippen LogP contribution < -0.4 is 5.73 Å². The molecule has 1 aromatic carbocycles. The second kappa shape index (κ2) is 3.30. The zero-order valence-electron chi connectivity index (χ0n) is 7.28. The van der Waals surface area contributed by atoms with Crippen molar-refractivity contribution in [3.8, 4) is 0 Å². The summed E-state index contributed by atoms with van der Waals surface area (Å²) >= 11 is 0. The van der Waals surface area contributed by atoms with Crippen LogP contribution >= 0.6 is 0 Å². The molecule has 1 saturated carbocycles. The van der Waals surface area contributed by atoms with Crippen LogP contribution in [0.2, 0.25) is 0 Å². The van der Waals surface area contributed by atoms with Crippen LogP contribution in [-0.4, -0.2) is 6.04 Å². The van der Waals surface area contributed by atoms with E-state index in [1.54, 1.807) is 12.1 Å². The summed E-state index contributed by atoms with van der Waals surface area (Å²) in [7, 11) is 0. The maximum atomic E-state index is 13.1. The Morgan fingerprint density at radius 1 is 1.38 bits per heavy atom. The largest absolute Gasteiger partial charge is 0.327 e. The van der Waals surface area contributed by atoms with Gasteiger partial charge in [0.2, 0.25) is 0 Å². The maximum Gasteiger partial charge on any atom is 0.130 e. The summed E-state index contributed by atoms with van der Waals surface area (Å²) in [6.45, 7) is 0. The van der Waals surface area contributed by atoms with E-state index in [0.717, 1.165) is 6.42 Å². The lowest BCUT2D eigenvalue weighted by molar-refractivity contribution is 0.625. The van der Waals surface area contributed by atoms with Crippen LogP contribution in [-0.2, 0) is 0 Å². The second-order valence-corrected chi connectivity index (χ2v) is 3.44. The van der Waals surface area contributed by atoms with E-state index < -0.39 is 0 Å². The van der Waals surface area contributed by atoms with Gasteiger partial charge in [0.15, 0.2) is 0 Å². The van der Waals surface area contributed by atoms with E-state index in [9.17, 15) is 4.39 Å². The molecule has 1 aliphatic carbocycles. The topological polar surface area (TPSA) is 26.0 Å². The van der Waals surface area contributed by atoms with E-state index in [1.165, 1.54) is 6.07 Å². The molecule has 0 radical (unpaired) electrons. The molecule has 0 amide bonds. The fourth-order valence-electron chi connectivity index (χ4n) is 1.29. The molecule has 2 unspecified atom stereocenters. The average molecular weight is 177 g/mol. The summed E-state index contributed by atoms with van der Waals surface area (Å²) in [5, 5.41) is 0. The first-order chi connectivity index (χ1) is 6.27. The number of hydrogen-bond donors (Lipinski definition) is 1. The highest BCUT2D eigenvalue weighted by Gasteiger charge is 2.30. The zero-order valence-corrected chi connectivity index (χ0v) is 7.28. The fraction of sp³-hybridized carbons (Fsp3) is 0.273. The van der Waals surface area contributed by atoms with Crippen molar-refractivity contribution in [3.63, 3.8) is 0 Å². The first kappa shape index (κ1) is 8.45. The molecule has 1 aliphatic rings. The van der Waals surface area contributed by atoms with Gasteiger partial charge in [-0.05, 0) is 18.4 Å². The monoisotopic (exact) mass is 177 g/mol. The van der Waals surface area contributed by atoms with Crippen LogP contribution in [0.3, 0.4) is 0 Å². The Hall–Kier alpha value is -1.15. The standard InChI is InChI=1S/C11H12FN/c12-10-4-2-1-3-8(10)5-6-9-7-11(9)13/h1-6,9,11H,7,13H2/b6-5+. The molecule has 0 heterocycles. The molecular formula is C11H12FN. The number of benzene rings is 1. The lowest BCUT2D eigenvalue weighted by Crippen LogP contribution is -1.99. The third-order valence-corrected chi connectivity index (χ3v) is 2.32. The predicted octanol–water partition coefficient (Wildman–Crippen LogP) is 2.19. The van der Waals surface area contributed by atoms with Gasteiger partial charge in [-0.3, -0.25) is 0 Å². The SMILES string of the molecule is NC1CC1/C=C/c1ccccc1F. The van der Waals surface area contributed by atoms with E-state index in [1.807, 2.05) is 18.2 Å². The molecular weight excluding hydrogens is 165 g/mol. The normalized spacial score (nSPS) is 26.6. The second-order valence-electron chi connectivity index (χ2n) is 3.44. The predicted molar refractivity (Wildman–Crippen MR) is 51.5 cm³/mol.